The van der Waals surface area contributed by atoms with Crippen LogP contribution in [0.15, 0.2) is 53.0 Å². The third-order valence-corrected chi connectivity index (χ3v) is 6.15. The molecule has 0 bridgehead atoms. The zero-order valence-corrected chi connectivity index (χ0v) is 23.2. The largest absolute Gasteiger partial charge is 0.329 e. The summed E-state index contributed by atoms with van der Waals surface area (Å²) in [5, 5.41) is 7.85. The molecule has 0 saturated carbocycles. The van der Waals surface area contributed by atoms with Gasteiger partial charge in [-0.05, 0) is 55.7 Å². The molecule has 1 aromatic heterocycles. The lowest BCUT2D eigenvalue weighted by molar-refractivity contribution is -0.117. The minimum absolute atomic E-state index is 0.0456. The van der Waals surface area contributed by atoms with E-state index in [1.807, 2.05) is 51.1 Å². The lowest BCUT2D eigenvalue weighted by Crippen LogP contribution is -2.40. The monoisotopic (exact) mass is 538 g/mol. The van der Waals surface area contributed by atoms with Gasteiger partial charge in [-0.25, -0.2) is 4.68 Å². The number of halogens is 1. The quantitative estimate of drug-likeness (QED) is 0.384. The Morgan fingerprint density at radius 3 is 2.29 bits per heavy atom. The average Bonchev–Trinajstić information content (AvgIpc) is 3.17. The molecule has 7 heteroatoms. The van der Waals surface area contributed by atoms with Crippen molar-refractivity contribution in [2.75, 3.05) is 18.4 Å². The molecule has 0 saturated heterocycles. The van der Waals surface area contributed by atoms with Crippen LogP contribution in [-0.4, -0.2) is 39.6 Å². The van der Waals surface area contributed by atoms with Crippen LogP contribution in [-0.2, 0) is 10.2 Å². The van der Waals surface area contributed by atoms with Gasteiger partial charge in [-0.1, -0.05) is 68.2 Å². The van der Waals surface area contributed by atoms with E-state index in [9.17, 15) is 9.59 Å². The van der Waals surface area contributed by atoms with Crippen LogP contribution in [0.1, 0.15) is 61.8 Å². The Morgan fingerprint density at radius 2 is 1.71 bits per heavy atom. The Kier molecular flexibility index (Phi) is 8.21. The fourth-order valence-electron chi connectivity index (χ4n) is 3.85. The number of hydrogen-bond donors (Lipinski definition) is 1. The number of rotatable bonds is 7. The van der Waals surface area contributed by atoms with E-state index >= 15 is 0 Å². The normalized spacial score (nSPS) is 11.6. The van der Waals surface area contributed by atoms with Gasteiger partial charge in [-0.3, -0.25) is 9.59 Å². The van der Waals surface area contributed by atoms with Crippen molar-refractivity contribution in [2.45, 2.75) is 53.9 Å². The summed E-state index contributed by atoms with van der Waals surface area (Å²) in [6, 6.07) is 15.3. The second-order valence-corrected chi connectivity index (χ2v) is 11.4. The molecule has 1 heterocycles. The number of anilines is 1. The van der Waals surface area contributed by atoms with Gasteiger partial charge in [0.05, 0.1) is 11.4 Å². The van der Waals surface area contributed by atoms with E-state index in [0.29, 0.717) is 17.9 Å². The Labute approximate surface area is 216 Å². The van der Waals surface area contributed by atoms with Gasteiger partial charge in [0.1, 0.15) is 12.4 Å². The van der Waals surface area contributed by atoms with Crippen LogP contribution in [0.25, 0.3) is 5.69 Å². The Balaban J connectivity index is 1.90. The summed E-state index contributed by atoms with van der Waals surface area (Å²) in [5.41, 5.74) is 4.37. The molecule has 0 atom stereocenters. The van der Waals surface area contributed by atoms with Gasteiger partial charge in [0, 0.05) is 28.1 Å². The van der Waals surface area contributed by atoms with Crippen molar-refractivity contribution in [1.82, 2.24) is 14.7 Å². The van der Waals surface area contributed by atoms with E-state index in [1.165, 1.54) is 0 Å². The lowest BCUT2D eigenvalue weighted by Gasteiger charge is -2.24. The SMILES string of the molecule is Cc1ccc(-n2nc(C(C)(C)C)cc2NC(=O)CN(CC(C)C)C(=O)c2ccc(Br)cc2)c(C)c1. The molecule has 0 fully saturated rings. The molecule has 2 aromatic carbocycles. The van der Waals surface area contributed by atoms with Gasteiger partial charge >= 0.3 is 0 Å². The summed E-state index contributed by atoms with van der Waals surface area (Å²) in [4.78, 5) is 28.0. The van der Waals surface area contributed by atoms with Gasteiger partial charge < -0.3 is 10.2 Å². The number of aromatic nitrogens is 2. The Hall–Kier alpha value is -2.93. The van der Waals surface area contributed by atoms with Crippen LogP contribution in [0.5, 0.6) is 0 Å². The van der Waals surface area contributed by atoms with Crippen LogP contribution in [0.3, 0.4) is 0 Å². The highest BCUT2D eigenvalue weighted by Crippen LogP contribution is 2.28. The molecule has 6 nitrogen and oxygen atoms in total. The number of nitrogens with one attached hydrogen (secondary N) is 1. The minimum Gasteiger partial charge on any atom is -0.329 e. The van der Waals surface area contributed by atoms with Crippen molar-refractivity contribution < 1.29 is 9.59 Å². The first-order valence-electron chi connectivity index (χ1n) is 11.9. The third kappa shape index (κ3) is 6.82. The summed E-state index contributed by atoms with van der Waals surface area (Å²) in [5.74, 6) is 0.380. The molecule has 0 spiro atoms. The smallest absolute Gasteiger partial charge is 0.254 e. The highest BCUT2D eigenvalue weighted by Gasteiger charge is 2.24. The maximum absolute atomic E-state index is 13.2. The molecule has 3 aromatic rings. The van der Waals surface area contributed by atoms with E-state index < -0.39 is 0 Å². The standard InChI is InChI=1S/C28H35BrN4O2/c1-18(2)16-32(27(35)21-9-11-22(29)12-10-21)17-26(34)30-25-15-24(28(5,6)7)31-33(25)23-13-8-19(3)14-20(23)4/h8-15,18H,16-17H2,1-7H3,(H,30,34). The van der Waals surface area contributed by atoms with Crippen molar-refractivity contribution in [3.8, 4) is 5.69 Å². The van der Waals surface area contributed by atoms with E-state index in [2.05, 4.69) is 55.0 Å². The number of hydrogen-bond acceptors (Lipinski definition) is 3. The van der Waals surface area contributed by atoms with Crippen LogP contribution in [0.2, 0.25) is 0 Å². The summed E-state index contributed by atoms with van der Waals surface area (Å²) < 4.78 is 2.69. The molecular weight excluding hydrogens is 504 g/mol. The molecule has 0 aliphatic carbocycles. The van der Waals surface area contributed by atoms with Crippen molar-refractivity contribution in [1.29, 1.82) is 0 Å². The Morgan fingerprint density at radius 1 is 1.06 bits per heavy atom. The topological polar surface area (TPSA) is 67.2 Å². The molecule has 3 rings (SSSR count). The number of amides is 2. The average molecular weight is 540 g/mol. The van der Waals surface area contributed by atoms with Gasteiger partial charge in [-0.2, -0.15) is 5.10 Å². The number of carbonyl (C=O) groups excluding carboxylic acids is 2. The zero-order valence-electron chi connectivity index (χ0n) is 21.6. The van der Waals surface area contributed by atoms with Crippen molar-refractivity contribution >= 4 is 33.6 Å². The molecule has 0 aliphatic rings. The van der Waals surface area contributed by atoms with Gasteiger partial charge in [0.25, 0.3) is 5.91 Å². The second kappa shape index (κ2) is 10.8. The second-order valence-electron chi connectivity index (χ2n) is 10.5. The van der Waals surface area contributed by atoms with Gasteiger partial charge in [0.2, 0.25) is 5.91 Å². The van der Waals surface area contributed by atoms with Crippen molar-refractivity contribution in [2.24, 2.45) is 5.92 Å². The van der Waals surface area contributed by atoms with Crippen LogP contribution < -0.4 is 5.32 Å². The summed E-state index contributed by atoms with van der Waals surface area (Å²) in [6.07, 6.45) is 0. The fourth-order valence-corrected chi connectivity index (χ4v) is 4.12. The van der Waals surface area contributed by atoms with Gasteiger partial charge in [0.15, 0.2) is 0 Å². The summed E-state index contributed by atoms with van der Waals surface area (Å²) >= 11 is 3.40. The van der Waals surface area contributed by atoms with E-state index in [-0.39, 0.29) is 29.7 Å². The van der Waals surface area contributed by atoms with E-state index in [0.717, 1.165) is 27.0 Å². The maximum Gasteiger partial charge on any atom is 0.254 e. The number of nitrogens with zero attached hydrogens (tertiary/aromatic N) is 3. The fraction of sp³-hybridized carbons (Fsp3) is 0.393. The number of benzene rings is 2. The molecule has 0 radical (unpaired) electrons. The lowest BCUT2D eigenvalue weighted by atomic mass is 9.92. The third-order valence-electron chi connectivity index (χ3n) is 5.62. The minimum atomic E-state index is -0.262. The van der Waals surface area contributed by atoms with Crippen LogP contribution in [0.4, 0.5) is 5.82 Å². The number of aryl methyl sites for hydroxylation is 2. The molecule has 186 valence electrons. The molecule has 2 amide bonds. The first-order chi connectivity index (χ1) is 16.3. The molecule has 0 unspecified atom stereocenters. The Bertz CT molecular complexity index is 1210. The molecule has 0 aliphatic heterocycles. The summed E-state index contributed by atoms with van der Waals surface area (Å²) in [7, 11) is 0. The van der Waals surface area contributed by atoms with Crippen molar-refractivity contribution in [3.05, 3.63) is 75.4 Å². The maximum atomic E-state index is 13.2. The first kappa shape index (κ1) is 26.7. The molecule has 35 heavy (non-hydrogen) atoms. The van der Waals surface area contributed by atoms with E-state index in [1.54, 1.807) is 21.7 Å². The highest BCUT2D eigenvalue weighted by molar-refractivity contribution is 9.10. The number of carbonyl (C=O) groups is 2. The first-order valence-corrected chi connectivity index (χ1v) is 12.7. The molecular formula is C28H35BrN4O2. The van der Waals surface area contributed by atoms with Crippen molar-refractivity contribution in [3.63, 3.8) is 0 Å². The highest BCUT2D eigenvalue weighted by atomic mass is 79.9. The zero-order chi connectivity index (χ0) is 25.9. The van der Waals surface area contributed by atoms with E-state index in [4.69, 9.17) is 5.10 Å². The molecule has 1 N–H and O–H groups in total. The van der Waals surface area contributed by atoms with Crippen LogP contribution in [0, 0.1) is 19.8 Å². The van der Waals surface area contributed by atoms with Crippen LogP contribution >= 0.6 is 15.9 Å². The predicted molar refractivity (Wildman–Crippen MR) is 145 cm³/mol. The summed E-state index contributed by atoms with van der Waals surface area (Å²) in [6.45, 7) is 14.9. The predicted octanol–water partition coefficient (Wildman–Crippen LogP) is 6.29. The van der Waals surface area contributed by atoms with Gasteiger partial charge in [-0.15, -0.1) is 0 Å².